The molecular weight excluding hydrogens is 168 g/mol. The number of aromatic amines is 1. The van der Waals surface area contributed by atoms with E-state index in [4.69, 9.17) is 0 Å². The van der Waals surface area contributed by atoms with Crippen LogP contribution in [0, 0.1) is 5.92 Å². The van der Waals surface area contributed by atoms with E-state index >= 15 is 0 Å². The van der Waals surface area contributed by atoms with Gasteiger partial charge in [0.15, 0.2) is 0 Å². The van der Waals surface area contributed by atoms with Gasteiger partial charge >= 0.3 is 0 Å². The van der Waals surface area contributed by atoms with Crippen LogP contribution in [0.3, 0.4) is 0 Å². The van der Waals surface area contributed by atoms with Crippen LogP contribution in [-0.4, -0.2) is 15.7 Å². The molecular formula is C9H16N2S. The van der Waals surface area contributed by atoms with E-state index in [-0.39, 0.29) is 0 Å². The van der Waals surface area contributed by atoms with Crippen LogP contribution in [0.4, 0.5) is 0 Å². The van der Waals surface area contributed by atoms with Crippen molar-refractivity contribution in [1.82, 2.24) is 9.97 Å². The highest BCUT2D eigenvalue weighted by Gasteiger charge is 2.01. The van der Waals surface area contributed by atoms with E-state index in [0.29, 0.717) is 5.92 Å². The molecule has 12 heavy (non-hydrogen) atoms. The molecule has 0 radical (unpaired) electrons. The fourth-order valence-corrected chi connectivity index (χ4v) is 1.39. The van der Waals surface area contributed by atoms with E-state index in [1.807, 2.05) is 6.20 Å². The standard InChI is InChI=1S/C9H16N2S/c1-7(2)5-8-6-10-9(11-8)3-4-12/h6-7,12H,3-5H2,1-2H3,(H,10,11). The van der Waals surface area contributed by atoms with Crippen molar-refractivity contribution < 1.29 is 0 Å². The van der Waals surface area contributed by atoms with Crippen molar-refractivity contribution in [2.75, 3.05) is 5.75 Å². The summed E-state index contributed by atoms with van der Waals surface area (Å²) in [4.78, 5) is 7.54. The first-order valence-corrected chi connectivity index (χ1v) is 4.99. The Hall–Kier alpha value is -0.440. The van der Waals surface area contributed by atoms with Crippen molar-refractivity contribution in [3.8, 4) is 0 Å². The average molecular weight is 184 g/mol. The molecule has 0 atom stereocenters. The van der Waals surface area contributed by atoms with Crippen LogP contribution in [-0.2, 0) is 12.8 Å². The molecule has 1 rings (SSSR count). The summed E-state index contributed by atoms with van der Waals surface area (Å²) in [5.41, 5.74) is 1.24. The summed E-state index contributed by atoms with van der Waals surface area (Å²) in [6.45, 7) is 4.41. The number of H-pyrrole nitrogens is 1. The predicted octanol–water partition coefficient (Wildman–Crippen LogP) is 2.08. The van der Waals surface area contributed by atoms with Gasteiger partial charge in [-0.15, -0.1) is 0 Å². The van der Waals surface area contributed by atoms with Crippen molar-refractivity contribution in [2.24, 2.45) is 5.92 Å². The van der Waals surface area contributed by atoms with Crippen LogP contribution in [0.2, 0.25) is 0 Å². The Bertz CT molecular complexity index is 230. The smallest absolute Gasteiger partial charge is 0.107 e. The van der Waals surface area contributed by atoms with Crippen LogP contribution in [0.5, 0.6) is 0 Å². The second-order valence-electron chi connectivity index (χ2n) is 3.43. The molecule has 3 heteroatoms. The molecule has 1 N–H and O–H groups in total. The third-order valence-corrected chi connectivity index (χ3v) is 1.88. The normalized spacial score (nSPS) is 11.0. The molecule has 0 bridgehead atoms. The molecule has 1 aromatic rings. The van der Waals surface area contributed by atoms with E-state index in [2.05, 4.69) is 36.4 Å². The number of nitrogens with zero attached hydrogens (tertiary/aromatic N) is 1. The van der Waals surface area contributed by atoms with E-state index in [0.717, 1.165) is 24.4 Å². The quantitative estimate of drug-likeness (QED) is 0.689. The van der Waals surface area contributed by atoms with Crippen molar-refractivity contribution in [2.45, 2.75) is 26.7 Å². The fraction of sp³-hybridized carbons (Fsp3) is 0.667. The monoisotopic (exact) mass is 184 g/mol. The van der Waals surface area contributed by atoms with E-state index in [9.17, 15) is 0 Å². The van der Waals surface area contributed by atoms with Gasteiger partial charge in [-0.05, 0) is 18.1 Å². The summed E-state index contributed by atoms with van der Waals surface area (Å²) < 4.78 is 0. The van der Waals surface area contributed by atoms with Gasteiger partial charge in [-0.3, -0.25) is 0 Å². The zero-order valence-corrected chi connectivity index (χ0v) is 8.56. The lowest BCUT2D eigenvalue weighted by Crippen LogP contribution is -1.95. The van der Waals surface area contributed by atoms with Gasteiger partial charge in [0.05, 0.1) is 0 Å². The van der Waals surface area contributed by atoms with Crippen molar-refractivity contribution >= 4 is 12.6 Å². The number of aryl methyl sites for hydroxylation is 1. The number of rotatable bonds is 4. The Morgan fingerprint density at radius 3 is 2.92 bits per heavy atom. The van der Waals surface area contributed by atoms with Crippen LogP contribution in [0.25, 0.3) is 0 Å². The van der Waals surface area contributed by atoms with Gasteiger partial charge in [0.25, 0.3) is 0 Å². The number of hydrogen-bond acceptors (Lipinski definition) is 2. The second-order valence-corrected chi connectivity index (χ2v) is 3.87. The minimum atomic E-state index is 0.689. The Labute approximate surface area is 79.2 Å². The van der Waals surface area contributed by atoms with Gasteiger partial charge in [-0.25, -0.2) is 4.98 Å². The largest absolute Gasteiger partial charge is 0.346 e. The Morgan fingerprint density at radius 2 is 2.33 bits per heavy atom. The third kappa shape index (κ3) is 2.89. The number of thiol groups is 1. The Balaban J connectivity index is 2.52. The van der Waals surface area contributed by atoms with Crippen LogP contribution in [0.1, 0.15) is 25.4 Å². The Kier molecular flexibility index (Phi) is 3.66. The summed E-state index contributed by atoms with van der Waals surface area (Å²) in [7, 11) is 0. The molecule has 0 fully saturated rings. The molecule has 1 heterocycles. The SMILES string of the molecule is CC(C)Cc1cnc(CCS)[nH]1. The van der Waals surface area contributed by atoms with Crippen LogP contribution >= 0.6 is 12.6 Å². The Morgan fingerprint density at radius 1 is 1.58 bits per heavy atom. The summed E-state index contributed by atoms with van der Waals surface area (Å²) in [5, 5.41) is 0. The minimum Gasteiger partial charge on any atom is -0.346 e. The fourth-order valence-electron chi connectivity index (χ4n) is 1.18. The molecule has 1 aromatic heterocycles. The number of hydrogen-bond donors (Lipinski definition) is 2. The van der Waals surface area contributed by atoms with Gasteiger partial charge in [0.2, 0.25) is 0 Å². The summed E-state index contributed by atoms with van der Waals surface area (Å²) in [6.07, 6.45) is 3.94. The molecule has 68 valence electrons. The van der Waals surface area contributed by atoms with E-state index in [1.54, 1.807) is 0 Å². The zero-order chi connectivity index (χ0) is 8.97. The summed E-state index contributed by atoms with van der Waals surface area (Å²) in [5.74, 6) is 2.60. The highest BCUT2D eigenvalue weighted by atomic mass is 32.1. The first-order chi connectivity index (χ1) is 5.72. The number of aromatic nitrogens is 2. The van der Waals surface area contributed by atoms with Gasteiger partial charge in [-0.1, -0.05) is 13.8 Å². The van der Waals surface area contributed by atoms with Gasteiger partial charge < -0.3 is 4.98 Å². The second kappa shape index (κ2) is 4.55. The first kappa shape index (κ1) is 9.65. The van der Waals surface area contributed by atoms with Crippen molar-refractivity contribution in [3.05, 3.63) is 17.7 Å². The van der Waals surface area contributed by atoms with Crippen molar-refractivity contribution in [1.29, 1.82) is 0 Å². The molecule has 0 aliphatic heterocycles. The lowest BCUT2D eigenvalue weighted by molar-refractivity contribution is 0.636. The lowest BCUT2D eigenvalue weighted by atomic mass is 10.1. The predicted molar refractivity (Wildman–Crippen MR) is 54.7 cm³/mol. The highest BCUT2D eigenvalue weighted by molar-refractivity contribution is 7.80. The van der Waals surface area contributed by atoms with Gasteiger partial charge in [0.1, 0.15) is 5.82 Å². The average Bonchev–Trinajstić information content (AvgIpc) is 2.36. The minimum absolute atomic E-state index is 0.689. The molecule has 2 nitrogen and oxygen atoms in total. The highest BCUT2D eigenvalue weighted by Crippen LogP contribution is 2.05. The van der Waals surface area contributed by atoms with E-state index < -0.39 is 0 Å². The molecule has 0 saturated carbocycles. The van der Waals surface area contributed by atoms with Gasteiger partial charge in [0, 0.05) is 18.3 Å². The molecule has 0 aromatic carbocycles. The molecule has 0 saturated heterocycles. The van der Waals surface area contributed by atoms with E-state index in [1.165, 1.54) is 5.69 Å². The maximum Gasteiger partial charge on any atom is 0.107 e. The molecule has 0 aliphatic carbocycles. The molecule has 0 amide bonds. The maximum absolute atomic E-state index is 4.25. The zero-order valence-electron chi connectivity index (χ0n) is 7.67. The maximum atomic E-state index is 4.25. The van der Waals surface area contributed by atoms with Crippen molar-refractivity contribution in [3.63, 3.8) is 0 Å². The third-order valence-electron chi connectivity index (χ3n) is 1.66. The topological polar surface area (TPSA) is 28.7 Å². The summed E-state index contributed by atoms with van der Waals surface area (Å²) >= 11 is 4.15. The number of imidazole rings is 1. The number of nitrogens with one attached hydrogen (secondary N) is 1. The summed E-state index contributed by atoms with van der Waals surface area (Å²) in [6, 6.07) is 0. The molecule has 0 spiro atoms. The van der Waals surface area contributed by atoms with Crippen LogP contribution in [0.15, 0.2) is 6.20 Å². The molecule has 0 unspecified atom stereocenters. The lowest BCUT2D eigenvalue weighted by Gasteiger charge is -1.99. The molecule has 0 aliphatic rings. The first-order valence-electron chi connectivity index (χ1n) is 4.36. The van der Waals surface area contributed by atoms with Crippen LogP contribution < -0.4 is 0 Å². The van der Waals surface area contributed by atoms with Gasteiger partial charge in [-0.2, -0.15) is 12.6 Å².